The molecule has 29 heavy (non-hydrogen) atoms. The number of hydrogen-bond donors (Lipinski definition) is 2. The lowest BCUT2D eigenvalue weighted by molar-refractivity contribution is -0.137. The van der Waals surface area contributed by atoms with Crippen LogP contribution in [0.1, 0.15) is 24.2 Å². The molecule has 1 aliphatic heterocycles. The average molecular weight is 394 g/mol. The number of nitrogens with zero attached hydrogens (tertiary/aromatic N) is 2. The zero-order valence-electron chi connectivity index (χ0n) is 16.0. The van der Waals surface area contributed by atoms with Gasteiger partial charge >= 0.3 is 0 Å². The van der Waals surface area contributed by atoms with Crippen LogP contribution in [0, 0.1) is 5.82 Å². The van der Waals surface area contributed by atoms with Gasteiger partial charge in [-0.15, -0.1) is 0 Å². The average Bonchev–Trinajstić information content (AvgIpc) is 3.35. The van der Waals surface area contributed by atoms with Gasteiger partial charge in [0, 0.05) is 19.5 Å². The fraction of sp³-hybridized carbons (Fsp3) is 0.318. The lowest BCUT2D eigenvalue weighted by atomic mass is 10.1. The number of aromatic amines is 1. The number of halogens is 1. The molecule has 4 rings (SSSR count). The van der Waals surface area contributed by atoms with E-state index < -0.39 is 6.04 Å². The van der Waals surface area contributed by atoms with Gasteiger partial charge in [-0.2, -0.15) is 0 Å². The highest BCUT2D eigenvalue weighted by molar-refractivity contribution is 5.89. The van der Waals surface area contributed by atoms with Gasteiger partial charge in [0.05, 0.1) is 17.5 Å². The minimum absolute atomic E-state index is 0.0202. The first-order valence-electron chi connectivity index (χ1n) is 9.85. The van der Waals surface area contributed by atoms with Gasteiger partial charge in [-0.25, -0.2) is 9.37 Å². The predicted molar refractivity (Wildman–Crippen MR) is 108 cm³/mol. The maximum absolute atomic E-state index is 13.3. The standard InChI is InChI=1S/C22H23FN4O2/c23-16-8-9-17-18(14-16)26-20(25-17)10-11-24-22(29)19-7-4-12-27(19)21(28)13-15-5-2-1-3-6-15/h1-3,5-6,8-9,14,19H,4,7,10-13H2,(H,24,29)(H,25,26). The van der Waals surface area contributed by atoms with Crippen molar-refractivity contribution in [1.82, 2.24) is 20.2 Å². The van der Waals surface area contributed by atoms with E-state index in [1.54, 1.807) is 11.0 Å². The summed E-state index contributed by atoms with van der Waals surface area (Å²) in [6, 6.07) is 13.5. The molecule has 2 heterocycles. The predicted octanol–water partition coefficient (Wildman–Crippen LogP) is 2.59. The Bertz CT molecular complexity index is 1020. The summed E-state index contributed by atoms with van der Waals surface area (Å²) in [6.07, 6.45) is 2.32. The van der Waals surface area contributed by atoms with Crippen LogP contribution in [0.5, 0.6) is 0 Å². The monoisotopic (exact) mass is 394 g/mol. The Balaban J connectivity index is 1.31. The molecular formula is C22H23FN4O2. The summed E-state index contributed by atoms with van der Waals surface area (Å²) in [5.41, 5.74) is 2.28. The Morgan fingerprint density at radius 3 is 2.86 bits per heavy atom. The van der Waals surface area contributed by atoms with Gasteiger partial charge in [-0.1, -0.05) is 30.3 Å². The van der Waals surface area contributed by atoms with Crippen LogP contribution in [-0.2, 0) is 22.4 Å². The van der Waals surface area contributed by atoms with Gasteiger partial charge in [0.1, 0.15) is 17.7 Å². The number of fused-ring (bicyclic) bond motifs is 1. The summed E-state index contributed by atoms with van der Waals surface area (Å²) >= 11 is 0. The number of amides is 2. The lowest BCUT2D eigenvalue weighted by Gasteiger charge is -2.24. The number of carbonyl (C=O) groups is 2. The van der Waals surface area contributed by atoms with Crippen molar-refractivity contribution in [3.05, 3.63) is 65.7 Å². The van der Waals surface area contributed by atoms with Crippen molar-refractivity contribution in [3.8, 4) is 0 Å². The molecule has 0 aliphatic carbocycles. The van der Waals surface area contributed by atoms with Gasteiger partial charge in [0.15, 0.2) is 0 Å². The quantitative estimate of drug-likeness (QED) is 0.675. The van der Waals surface area contributed by atoms with E-state index in [1.807, 2.05) is 30.3 Å². The zero-order valence-corrected chi connectivity index (χ0v) is 16.0. The summed E-state index contributed by atoms with van der Waals surface area (Å²) in [5, 5.41) is 2.91. The molecule has 0 saturated carbocycles. The molecule has 1 aromatic heterocycles. The molecule has 2 aromatic carbocycles. The molecule has 3 aromatic rings. The van der Waals surface area contributed by atoms with Crippen LogP contribution in [0.15, 0.2) is 48.5 Å². The number of benzene rings is 2. The summed E-state index contributed by atoms with van der Waals surface area (Å²) < 4.78 is 13.3. The van der Waals surface area contributed by atoms with Gasteiger partial charge in [-0.3, -0.25) is 9.59 Å². The van der Waals surface area contributed by atoms with Gasteiger partial charge in [0.2, 0.25) is 11.8 Å². The second-order valence-electron chi connectivity index (χ2n) is 7.29. The van der Waals surface area contributed by atoms with Crippen LogP contribution in [0.2, 0.25) is 0 Å². The van der Waals surface area contributed by atoms with Crippen LogP contribution in [0.3, 0.4) is 0 Å². The maximum Gasteiger partial charge on any atom is 0.242 e. The van der Waals surface area contributed by atoms with Crippen LogP contribution >= 0.6 is 0 Å². The lowest BCUT2D eigenvalue weighted by Crippen LogP contribution is -2.46. The van der Waals surface area contributed by atoms with Crippen LogP contribution in [0.4, 0.5) is 4.39 Å². The third kappa shape index (κ3) is 4.45. The third-order valence-corrected chi connectivity index (χ3v) is 5.23. The Hall–Kier alpha value is -3.22. The Labute approximate surface area is 168 Å². The van der Waals surface area contributed by atoms with Crippen molar-refractivity contribution < 1.29 is 14.0 Å². The van der Waals surface area contributed by atoms with Crippen molar-refractivity contribution in [1.29, 1.82) is 0 Å². The number of likely N-dealkylation sites (tertiary alicyclic amines) is 1. The number of aromatic nitrogens is 2. The number of H-pyrrole nitrogens is 1. The second kappa shape index (κ2) is 8.43. The molecule has 1 aliphatic rings. The molecule has 6 nitrogen and oxygen atoms in total. The minimum atomic E-state index is -0.420. The number of rotatable bonds is 6. The van der Waals surface area contributed by atoms with E-state index >= 15 is 0 Å². The SMILES string of the molecule is O=C(NCCc1nc2ccc(F)cc2[nH]1)C1CCCN1C(=O)Cc1ccccc1. The fourth-order valence-electron chi connectivity index (χ4n) is 3.78. The van der Waals surface area contributed by atoms with Crippen molar-refractivity contribution >= 4 is 22.8 Å². The molecule has 1 unspecified atom stereocenters. The van der Waals surface area contributed by atoms with Gasteiger partial charge < -0.3 is 15.2 Å². The first kappa shape index (κ1) is 19.1. The molecular weight excluding hydrogens is 371 g/mol. The minimum Gasteiger partial charge on any atom is -0.354 e. The Kier molecular flexibility index (Phi) is 5.55. The first-order valence-corrected chi connectivity index (χ1v) is 9.85. The molecule has 1 saturated heterocycles. The number of hydrogen-bond acceptors (Lipinski definition) is 3. The van der Waals surface area contributed by atoms with E-state index in [4.69, 9.17) is 0 Å². The highest BCUT2D eigenvalue weighted by atomic mass is 19.1. The topological polar surface area (TPSA) is 78.1 Å². The van der Waals surface area contributed by atoms with E-state index in [2.05, 4.69) is 15.3 Å². The Morgan fingerprint density at radius 1 is 1.21 bits per heavy atom. The van der Waals surface area contributed by atoms with Crippen molar-refractivity contribution in [3.63, 3.8) is 0 Å². The smallest absolute Gasteiger partial charge is 0.242 e. The summed E-state index contributed by atoms with van der Waals surface area (Å²) in [6.45, 7) is 1.01. The summed E-state index contributed by atoms with van der Waals surface area (Å²) in [5.74, 6) is 0.219. The van der Waals surface area contributed by atoms with E-state index in [9.17, 15) is 14.0 Å². The van der Waals surface area contributed by atoms with E-state index in [-0.39, 0.29) is 17.6 Å². The van der Waals surface area contributed by atoms with E-state index in [1.165, 1.54) is 12.1 Å². The molecule has 2 N–H and O–H groups in total. The highest BCUT2D eigenvalue weighted by Gasteiger charge is 2.33. The van der Waals surface area contributed by atoms with E-state index in [0.29, 0.717) is 49.2 Å². The van der Waals surface area contributed by atoms with Crippen LogP contribution in [-0.4, -0.2) is 45.8 Å². The molecule has 2 amide bonds. The fourth-order valence-corrected chi connectivity index (χ4v) is 3.78. The molecule has 150 valence electrons. The van der Waals surface area contributed by atoms with E-state index in [0.717, 1.165) is 12.0 Å². The van der Waals surface area contributed by atoms with Gasteiger partial charge in [-0.05, 0) is 36.6 Å². The molecule has 1 atom stereocenters. The molecule has 1 fully saturated rings. The van der Waals surface area contributed by atoms with Crippen LogP contribution in [0.25, 0.3) is 11.0 Å². The normalized spacial score (nSPS) is 16.3. The number of nitrogens with one attached hydrogen (secondary N) is 2. The molecule has 0 spiro atoms. The summed E-state index contributed by atoms with van der Waals surface area (Å²) in [4.78, 5) is 34.4. The highest BCUT2D eigenvalue weighted by Crippen LogP contribution is 2.19. The third-order valence-electron chi connectivity index (χ3n) is 5.23. The largest absolute Gasteiger partial charge is 0.354 e. The van der Waals surface area contributed by atoms with Gasteiger partial charge in [0.25, 0.3) is 0 Å². The summed E-state index contributed by atoms with van der Waals surface area (Å²) in [7, 11) is 0. The number of carbonyl (C=O) groups excluding carboxylic acids is 2. The second-order valence-corrected chi connectivity index (χ2v) is 7.29. The molecule has 7 heteroatoms. The Morgan fingerprint density at radius 2 is 2.03 bits per heavy atom. The maximum atomic E-state index is 13.3. The van der Waals surface area contributed by atoms with Crippen molar-refractivity contribution in [2.75, 3.05) is 13.1 Å². The molecule has 0 radical (unpaired) electrons. The molecule has 0 bridgehead atoms. The zero-order chi connectivity index (χ0) is 20.2. The first-order chi connectivity index (χ1) is 14.1. The van der Waals surface area contributed by atoms with Crippen LogP contribution < -0.4 is 5.32 Å². The van der Waals surface area contributed by atoms with Crippen molar-refractivity contribution in [2.24, 2.45) is 0 Å². The van der Waals surface area contributed by atoms with Crippen molar-refractivity contribution in [2.45, 2.75) is 31.7 Å². The number of imidazole rings is 1.